The number of ketones is 1. The molecule has 0 spiro atoms. The van der Waals surface area contributed by atoms with Crippen LogP contribution in [0.1, 0.15) is 27.7 Å². The zero-order chi connectivity index (χ0) is 11.9. The lowest BCUT2D eigenvalue weighted by Gasteiger charge is -2.40. The Bertz CT molecular complexity index is 323. The second-order valence-corrected chi connectivity index (χ2v) is 4.35. The summed E-state index contributed by atoms with van der Waals surface area (Å²) in [5.41, 5.74) is -2.36. The van der Waals surface area contributed by atoms with E-state index >= 15 is 0 Å². The molecule has 6 heteroatoms. The molecule has 1 aliphatic heterocycles. The van der Waals surface area contributed by atoms with E-state index in [2.05, 4.69) is 10.3 Å². The van der Waals surface area contributed by atoms with E-state index in [9.17, 15) is 4.79 Å². The van der Waals surface area contributed by atoms with Gasteiger partial charge < -0.3 is 15.2 Å². The van der Waals surface area contributed by atoms with Crippen molar-refractivity contribution in [3.8, 4) is 0 Å². The highest BCUT2D eigenvalue weighted by atomic mass is 16.5. The van der Waals surface area contributed by atoms with Crippen LogP contribution in [0.15, 0.2) is 10.3 Å². The largest absolute Gasteiger partial charge is 0.410 e. The SMILES string of the molecule is CC1(C)OC(C)(C)/C(=N\O)C(=O)/C1=N/O. The predicted octanol–water partition coefficient (Wildman–Crippen LogP) is 0.803. The van der Waals surface area contributed by atoms with E-state index in [1.54, 1.807) is 27.7 Å². The Morgan fingerprint density at radius 1 is 1.00 bits per heavy atom. The molecular formula is C9H14N2O4. The molecule has 6 nitrogen and oxygen atoms in total. The van der Waals surface area contributed by atoms with Gasteiger partial charge in [-0.1, -0.05) is 10.3 Å². The second kappa shape index (κ2) is 3.30. The molecular weight excluding hydrogens is 200 g/mol. The third-order valence-corrected chi connectivity index (χ3v) is 2.28. The van der Waals surface area contributed by atoms with Crippen LogP contribution in [0.4, 0.5) is 0 Å². The first-order chi connectivity index (χ1) is 6.76. The van der Waals surface area contributed by atoms with Crippen molar-refractivity contribution >= 4 is 17.2 Å². The highest BCUT2D eigenvalue weighted by Crippen LogP contribution is 2.29. The maximum Gasteiger partial charge on any atom is 0.234 e. The van der Waals surface area contributed by atoms with Crippen molar-refractivity contribution < 1.29 is 19.9 Å². The van der Waals surface area contributed by atoms with Crippen molar-refractivity contribution in [2.45, 2.75) is 38.9 Å². The average Bonchev–Trinajstić information content (AvgIpc) is 2.00. The summed E-state index contributed by atoms with van der Waals surface area (Å²) in [5.74, 6) is -0.610. The number of carbonyl (C=O) groups excluding carboxylic acids is 1. The summed E-state index contributed by atoms with van der Waals surface area (Å²) in [6.45, 7) is 6.43. The molecule has 0 amide bonds. The summed E-state index contributed by atoms with van der Waals surface area (Å²) < 4.78 is 5.54. The van der Waals surface area contributed by atoms with Gasteiger partial charge in [-0.3, -0.25) is 4.79 Å². The Morgan fingerprint density at radius 2 is 1.33 bits per heavy atom. The van der Waals surface area contributed by atoms with Crippen molar-refractivity contribution in [3.63, 3.8) is 0 Å². The van der Waals surface area contributed by atoms with Gasteiger partial charge in [0.25, 0.3) is 0 Å². The van der Waals surface area contributed by atoms with Crippen LogP contribution in [0.25, 0.3) is 0 Å². The molecule has 0 aliphatic carbocycles. The maximum atomic E-state index is 11.8. The number of ether oxygens (including phenoxy) is 1. The number of Topliss-reactive ketones (excluding diaryl/α,β-unsaturated/α-hetero) is 1. The summed E-state index contributed by atoms with van der Waals surface area (Å²) in [7, 11) is 0. The number of hydrogen-bond donors (Lipinski definition) is 2. The highest BCUT2D eigenvalue weighted by Gasteiger charge is 2.50. The fourth-order valence-electron chi connectivity index (χ4n) is 1.73. The molecule has 0 aromatic rings. The highest BCUT2D eigenvalue weighted by molar-refractivity contribution is 6.69. The van der Waals surface area contributed by atoms with E-state index < -0.39 is 17.0 Å². The first-order valence-electron chi connectivity index (χ1n) is 4.46. The van der Waals surface area contributed by atoms with Crippen LogP contribution in [-0.4, -0.2) is 38.8 Å². The molecule has 1 saturated heterocycles. The molecule has 15 heavy (non-hydrogen) atoms. The molecule has 0 aromatic heterocycles. The number of carbonyl (C=O) groups is 1. The minimum absolute atomic E-state index is 0.172. The monoisotopic (exact) mass is 214 g/mol. The van der Waals surface area contributed by atoms with E-state index in [0.29, 0.717) is 0 Å². The van der Waals surface area contributed by atoms with Gasteiger partial charge in [-0.25, -0.2) is 0 Å². The summed E-state index contributed by atoms with van der Waals surface area (Å²) in [5, 5.41) is 23.3. The van der Waals surface area contributed by atoms with E-state index in [-0.39, 0.29) is 11.4 Å². The van der Waals surface area contributed by atoms with Gasteiger partial charge in [-0.2, -0.15) is 0 Å². The molecule has 1 fully saturated rings. The third-order valence-electron chi connectivity index (χ3n) is 2.28. The standard InChI is InChI=1S/C9H14N2O4/c1-8(2)6(10-13)5(12)7(11-14)9(3,4)15-8/h13-14H,1-4H3/b10-6-,11-7-. The lowest BCUT2D eigenvalue weighted by molar-refractivity contribution is -0.116. The Labute approximate surface area is 87.2 Å². The Morgan fingerprint density at radius 3 is 1.60 bits per heavy atom. The van der Waals surface area contributed by atoms with E-state index in [0.717, 1.165) is 0 Å². The van der Waals surface area contributed by atoms with Crippen LogP contribution in [0.3, 0.4) is 0 Å². The van der Waals surface area contributed by atoms with Crippen LogP contribution in [0.2, 0.25) is 0 Å². The van der Waals surface area contributed by atoms with Gasteiger partial charge in [0.15, 0.2) is 11.4 Å². The molecule has 0 unspecified atom stereocenters. The van der Waals surface area contributed by atoms with Crippen molar-refractivity contribution in [1.29, 1.82) is 0 Å². The molecule has 84 valence electrons. The number of oxime groups is 2. The van der Waals surface area contributed by atoms with Crippen molar-refractivity contribution in [1.82, 2.24) is 0 Å². The zero-order valence-electron chi connectivity index (χ0n) is 9.11. The van der Waals surface area contributed by atoms with Gasteiger partial charge in [0.1, 0.15) is 11.2 Å². The Balaban J connectivity index is 3.29. The van der Waals surface area contributed by atoms with E-state index in [1.807, 2.05) is 0 Å². The first-order valence-corrected chi connectivity index (χ1v) is 4.46. The van der Waals surface area contributed by atoms with Crippen molar-refractivity contribution in [2.75, 3.05) is 0 Å². The smallest absolute Gasteiger partial charge is 0.234 e. The van der Waals surface area contributed by atoms with E-state index in [4.69, 9.17) is 15.2 Å². The quantitative estimate of drug-likeness (QED) is 0.461. The average molecular weight is 214 g/mol. The molecule has 1 rings (SSSR count). The second-order valence-electron chi connectivity index (χ2n) is 4.35. The molecule has 0 saturated carbocycles. The summed E-state index contributed by atoms with van der Waals surface area (Å²) in [6, 6.07) is 0. The lowest BCUT2D eigenvalue weighted by Crippen LogP contribution is -2.59. The first kappa shape index (κ1) is 11.6. The van der Waals surface area contributed by atoms with Crippen molar-refractivity contribution in [3.05, 3.63) is 0 Å². The van der Waals surface area contributed by atoms with Crippen LogP contribution in [0.5, 0.6) is 0 Å². The number of rotatable bonds is 0. The number of nitrogens with zero attached hydrogens (tertiary/aromatic N) is 2. The number of hydrogen-bond acceptors (Lipinski definition) is 6. The van der Waals surface area contributed by atoms with Gasteiger partial charge in [0.2, 0.25) is 5.78 Å². The molecule has 2 N–H and O–H groups in total. The van der Waals surface area contributed by atoms with Gasteiger partial charge in [0, 0.05) is 0 Å². The minimum Gasteiger partial charge on any atom is -0.410 e. The van der Waals surface area contributed by atoms with Gasteiger partial charge in [0.05, 0.1) is 0 Å². The van der Waals surface area contributed by atoms with Crippen LogP contribution >= 0.6 is 0 Å². The summed E-state index contributed by atoms with van der Waals surface area (Å²) >= 11 is 0. The van der Waals surface area contributed by atoms with E-state index in [1.165, 1.54) is 0 Å². The topological polar surface area (TPSA) is 91.5 Å². The minimum atomic E-state index is -1.01. The Kier molecular flexibility index (Phi) is 2.56. The molecule has 0 bridgehead atoms. The maximum absolute atomic E-state index is 11.8. The van der Waals surface area contributed by atoms with Crippen LogP contribution < -0.4 is 0 Å². The third kappa shape index (κ3) is 1.72. The predicted molar refractivity (Wildman–Crippen MR) is 52.7 cm³/mol. The molecule has 1 heterocycles. The lowest BCUT2D eigenvalue weighted by atomic mass is 9.84. The van der Waals surface area contributed by atoms with Gasteiger partial charge in [-0.15, -0.1) is 0 Å². The van der Waals surface area contributed by atoms with Gasteiger partial charge in [-0.05, 0) is 27.7 Å². The summed E-state index contributed by atoms with van der Waals surface area (Å²) in [4.78, 5) is 11.8. The zero-order valence-corrected chi connectivity index (χ0v) is 9.11. The molecule has 0 atom stereocenters. The van der Waals surface area contributed by atoms with Crippen LogP contribution in [0, 0.1) is 0 Å². The summed E-state index contributed by atoms with van der Waals surface area (Å²) in [6.07, 6.45) is 0. The molecule has 0 radical (unpaired) electrons. The fraction of sp³-hybridized carbons (Fsp3) is 0.667. The molecule has 1 aliphatic rings. The normalized spacial score (nSPS) is 29.7. The molecule has 0 aromatic carbocycles. The van der Waals surface area contributed by atoms with Gasteiger partial charge >= 0.3 is 0 Å². The fourth-order valence-corrected chi connectivity index (χ4v) is 1.73. The van der Waals surface area contributed by atoms with Crippen LogP contribution in [-0.2, 0) is 9.53 Å². The Hall–Kier alpha value is -1.43. The van der Waals surface area contributed by atoms with Crippen molar-refractivity contribution in [2.24, 2.45) is 10.3 Å².